The van der Waals surface area contributed by atoms with Gasteiger partial charge in [-0.1, -0.05) is 48.5 Å². The van der Waals surface area contributed by atoms with Crippen molar-refractivity contribution < 1.29 is 9.53 Å². The van der Waals surface area contributed by atoms with Crippen molar-refractivity contribution in [1.82, 2.24) is 0 Å². The summed E-state index contributed by atoms with van der Waals surface area (Å²) in [6, 6.07) is 20.7. The number of hydrogen-bond donors (Lipinski definition) is 0. The molecule has 0 amide bonds. The lowest BCUT2D eigenvalue weighted by atomic mass is 9.91. The molecule has 1 heterocycles. The summed E-state index contributed by atoms with van der Waals surface area (Å²) in [5.41, 5.74) is 2.92. The van der Waals surface area contributed by atoms with Gasteiger partial charge in [0.25, 0.3) is 0 Å². The average Bonchev–Trinajstić information content (AvgIpc) is 3.28. The van der Waals surface area contributed by atoms with E-state index in [1.165, 1.54) is 40.2 Å². The average molecular weight is 388 g/mol. The monoisotopic (exact) mass is 387 g/mol. The van der Waals surface area contributed by atoms with E-state index in [2.05, 4.69) is 30.3 Å². The van der Waals surface area contributed by atoms with Crippen molar-refractivity contribution in [2.45, 2.75) is 30.6 Å². The van der Waals surface area contributed by atoms with Crippen LogP contribution in [0.5, 0.6) is 5.75 Å². The predicted octanol–water partition coefficient (Wildman–Crippen LogP) is 5.55. The standard InChI is InChI=1S/C25H23O2S/c26-25(22-13-7-9-18-8-1-2-10-19(18)22)27-23-14-15-24(28-16-5-6-17-28)21-12-4-3-11-20(21)23/h1-4,8,10-15H,5-7,9,16-17H2/q+1. The summed E-state index contributed by atoms with van der Waals surface area (Å²) < 4.78 is 5.94. The summed E-state index contributed by atoms with van der Waals surface area (Å²) >= 11 is 0. The van der Waals surface area contributed by atoms with Crippen molar-refractivity contribution in [2.75, 3.05) is 11.5 Å². The Kier molecular flexibility index (Phi) is 4.69. The van der Waals surface area contributed by atoms with Crippen LogP contribution in [0.15, 0.2) is 71.6 Å². The second kappa shape index (κ2) is 7.48. The van der Waals surface area contributed by atoms with Crippen LogP contribution in [0.25, 0.3) is 16.3 Å². The number of benzene rings is 3. The summed E-state index contributed by atoms with van der Waals surface area (Å²) in [4.78, 5) is 14.5. The lowest BCUT2D eigenvalue weighted by molar-refractivity contribution is -0.127. The largest absolute Gasteiger partial charge is 0.422 e. The number of hydrogen-bond acceptors (Lipinski definition) is 2. The summed E-state index contributed by atoms with van der Waals surface area (Å²) in [7, 11) is 0.328. The third-order valence-corrected chi connectivity index (χ3v) is 8.22. The molecule has 0 unspecified atom stereocenters. The molecule has 0 bridgehead atoms. The first kappa shape index (κ1) is 17.6. The highest BCUT2D eigenvalue weighted by molar-refractivity contribution is 7.97. The van der Waals surface area contributed by atoms with Crippen LogP contribution in [0.4, 0.5) is 0 Å². The number of carbonyl (C=O) groups is 1. The SMILES string of the molecule is O=C(Oc1ccc([S+]2CCCC2)c2ccccc12)C1=CCCc2ccccc21. The van der Waals surface area contributed by atoms with Gasteiger partial charge >= 0.3 is 5.97 Å². The highest BCUT2D eigenvalue weighted by Crippen LogP contribution is 2.36. The van der Waals surface area contributed by atoms with Crippen LogP contribution in [0, 0.1) is 0 Å². The van der Waals surface area contributed by atoms with E-state index in [4.69, 9.17) is 4.74 Å². The molecule has 0 saturated carbocycles. The lowest BCUT2D eigenvalue weighted by Gasteiger charge is -2.17. The van der Waals surface area contributed by atoms with Crippen molar-refractivity contribution in [3.05, 3.63) is 77.9 Å². The molecule has 0 aromatic heterocycles. The van der Waals surface area contributed by atoms with E-state index >= 15 is 0 Å². The van der Waals surface area contributed by atoms with Crippen LogP contribution in [0.2, 0.25) is 0 Å². The third kappa shape index (κ3) is 3.14. The maximum Gasteiger partial charge on any atom is 0.343 e. The molecular weight excluding hydrogens is 364 g/mol. The molecule has 28 heavy (non-hydrogen) atoms. The summed E-state index contributed by atoms with van der Waals surface area (Å²) in [6.07, 6.45) is 6.52. The quantitative estimate of drug-likeness (QED) is 0.335. The van der Waals surface area contributed by atoms with Gasteiger partial charge in [-0.25, -0.2) is 4.79 Å². The minimum atomic E-state index is -0.256. The Bertz CT molecular complexity index is 1080. The van der Waals surface area contributed by atoms with E-state index < -0.39 is 0 Å². The second-order valence-corrected chi connectivity index (χ2v) is 9.66. The molecule has 1 aliphatic carbocycles. The van der Waals surface area contributed by atoms with Crippen LogP contribution in [-0.2, 0) is 22.1 Å². The van der Waals surface area contributed by atoms with Crippen LogP contribution in [0.3, 0.4) is 0 Å². The fourth-order valence-corrected chi connectivity index (χ4v) is 6.79. The molecule has 3 aromatic rings. The molecule has 5 rings (SSSR count). The first-order valence-electron chi connectivity index (χ1n) is 10.0. The molecule has 2 aliphatic rings. The summed E-state index contributed by atoms with van der Waals surface area (Å²) in [5, 5.41) is 2.27. The van der Waals surface area contributed by atoms with Crippen molar-refractivity contribution >= 4 is 33.2 Å². The fourth-order valence-electron chi connectivity index (χ4n) is 4.29. The number of carbonyl (C=O) groups excluding carboxylic acids is 1. The van der Waals surface area contributed by atoms with E-state index in [0.29, 0.717) is 22.2 Å². The summed E-state index contributed by atoms with van der Waals surface area (Å²) in [6.45, 7) is 0. The first-order chi connectivity index (χ1) is 13.8. The van der Waals surface area contributed by atoms with Gasteiger partial charge in [0.05, 0.1) is 5.57 Å². The normalized spacial score (nSPS) is 16.6. The van der Waals surface area contributed by atoms with Gasteiger partial charge in [-0.2, -0.15) is 0 Å². The molecule has 3 heteroatoms. The number of aryl methyl sites for hydroxylation is 1. The van der Waals surface area contributed by atoms with Crippen LogP contribution < -0.4 is 4.74 Å². The molecule has 1 fully saturated rings. The molecule has 1 saturated heterocycles. The van der Waals surface area contributed by atoms with Crippen molar-refractivity contribution in [1.29, 1.82) is 0 Å². The van der Waals surface area contributed by atoms with Crippen molar-refractivity contribution in [3.8, 4) is 5.75 Å². The van der Waals surface area contributed by atoms with Crippen LogP contribution >= 0.6 is 0 Å². The molecule has 0 spiro atoms. The molecule has 0 radical (unpaired) electrons. The lowest BCUT2D eigenvalue weighted by Crippen LogP contribution is -2.14. The number of fused-ring (bicyclic) bond motifs is 2. The zero-order valence-electron chi connectivity index (χ0n) is 15.8. The molecular formula is C25H23O2S+. The Balaban J connectivity index is 1.50. The highest BCUT2D eigenvalue weighted by Gasteiger charge is 2.29. The van der Waals surface area contributed by atoms with Gasteiger partial charge in [0.15, 0.2) is 4.90 Å². The smallest absolute Gasteiger partial charge is 0.343 e. The van der Waals surface area contributed by atoms with Gasteiger partial charge in [-0.3, -0.25) is 0 Å². The Morgan fingerprint density at radius 2 is 1.61 bits per heavy atom. The van der Waals surface area contributed by atoms with E-state index in [1.54, 1.807) is 0 Å². The van der Waals surface area contributed by atoms with Crippen LogP contribution in [-0.4, -0.2) is 17.5 Å². The maximum absolute atomic E-state index is 13.0. The highest BCUT2D eigenvalue weighted by atomic mass is 32.2. The Labute approximate surface area is 168 Å². The number of ether oxygens (including phenoxy) is 1. The molecule has 3 aromatic carbocycles. The minimum Gasteiger partial charge on any atom is -0.422 e. The maximum atomic E-state index is 13.0. The number of rotatable bonds is 3. The van der Waals surface area contributed by atoms with E-state index in [-0.39, 0.29) is 5.97 Å². The first-order valence-corrected chi connectivity index (χ1v) is 11.6. The third-order valence-electron chi connectivity index (χ3n) is 5.68. The zero-order valence-corrected chi connectivity index (χ0v) is 16.6. The van der Waals surface area contributed by atoms with Gasteiger partial charge in [-0.05, 0) is 55.0 Å². The van der Waals surface area contributed by atoms with E-state index in [9.17, 15) is 4.79 Å². The number of esters is 1. The second-order valence-electron chi connectivity index (χ2n) is 7.42. The Hall–Kier alpha value is -2.52. The molecule has 2 nitrogen and oxygen atoms in total. The predicted molar refractivity (Wildman–Crippen MR) is 117 cm³/mol. The molecule has 0 N–H and O–H groups in total. The molecule has 140 valence electrons. The Morgan fingerprint density at radius 3 is 2.46 bits per heavy atom. The van der Waals surface area contributed by atoms with Gasteiger partial charge in [0.1, 0.15) is 17.3 Å². The van der Waals surface area contributed by atoms with Crippen LogP contribution in [0.1, 0.15) is 30.4 Å². The van der Waals surface area contributed by atoms with Gasteiger partial charge in [0, 0.05) is 21.7 Å². The van der Waals surface area contributed by atoms with Gasteiger partial charge < -0.3 is 4.74 Å². The fraction of sp³-hybridized carbons (Fsp3) is 0.240. The topological polar surface area (TPSA) is 26.3 Å². The van der Waals surface area contributed by atoms with Crippen molar-refractivity contribution in [3.63, 3.8) is 0 Å². The minimum absolute atomic E-state index is 0.256. The Morgan fingerprint density at radius 1 is 0.857 bits per heavy atom. The van der Waals surface area contributed by atoms with E-state index in [0.717, 1.165) is 23.8 Å². The van der Waals surface area contributed by atoms with E-state index in [1.807, 2.05) is 36.4 Å². The van der Waals surface area contributed by atoms with Gasteiger partial charge in [0.2, 0.25) is 0 Å². The van der Waals surface area contributed by atoms with Gasteiger partial charge in [-0.15, -0.1) is 0 Å². The zero-order chi connectivity index (χ0) is 18.9. The molecule has 1 aliphatic heterocycles. The molecule has 0 atom stereocenters. The van der Waals surface area contributed by atoms with Crippen molar-refractivity contribution in [2.24, 2.45) is 0 Å². The summed E-state index contributed by atoms with van der Waals surface area (Å²) in [5.74, 6) is 2.98. The number of allylic oxidation sites excluding steroid dienone is 1.